The van der Waals surface area contributed by atoms with Crippen LogP contribution in [-0.2, 0) is 5.60 Å². The zero-order valence-electron chi connectivity index (χ0n) is 9.12. The van der Waals surface area contributed by atoms with Crippen LogP contribution in [0.25, 0.3) is 0 Å². The first-order chi connectivity index (χ1) is 7.15. The summed E-state index contributed by atoms with van der Waals surface area (Å²) in [6.07, 6.45) is 0.817. The molecule has 82 valence electrons. The maximum absolute atomic E-state index is 10.5. The quantitative estimate of drug-likeness (QED) is 0.836. The summed E-state index contributed by atoms with van der Waals surface area (Å²) < 4.78 is 5.31. The van der Waals surface area contributed by atoms with Gasteiger partial charge < -0.3 is 9.84 Å². The van der Waals surface area contributed by atoms with Crippen molar-refractivity contribution in [1.29, 1.82) is 0 Å². The van der Waals surface area contributed by atoms with Crippen LogP contribution in [0.2, 0.25) is 0 Å². The molecule has 2 rings (SSSR count). The minimum Gasteiger partial charge on any atom is -0.496 e. The smallest absolute Gasteiger partial charge is 0.124 e. The van der Waals surface area contributed by atoms with Crippen LogP contribution < -0.4 is 4.74 Å². The number of ether oxygens (including phenoxy) is 1. The molecule has 1 aromatic carbocycles. The molecule has 1 N–H and O–H groups in total. The second-order valence-electron chi connectivity index (χ2n) is 4.04. The van der Waals surface area contributed by atoms with Gasteiger partial charge in [0.05, 0.1) is 7.11 Å². The van der Waals surface area contributed by atoms with Gasteiger partial charge in [-0.05, 0) is 31.2 Å². The van der Waals surface area contributed by atoms with Crippen LogP contribution in [0.15, 0.2) is 18.2 Å². The summed E-state index contributed by atoms with van der Waals surface area (Å²) in [6.45, 7) is 2.04. The molecule has 1 atom stereocenters. The third-order valence-electron chi connectivity index (χ3n) is 2.86. The van der Waals surface area contributed by atoms with Crippen molar-refractivity contribution in [1.82, 2.24) is 0 Å². The van der Waals surface area contributed by atoms with Gasteiger partial charge in [0.2, 0.25) is 0 Å². The van der Waals surface area contributed by atoms with Crippen LogP contribution in [0.3, 0.4) is 0 Å². The Labute approximate surface area is 94.6 Å². The van der Waals surface area contributed by atoms with Crippen molar-refractivity contribution in [3.8, 4) is 5.75 Å². The first-order valence-electron chi connectivity index (χ1n) is 5.11. The number of thioether (sulfide) groups is 1. The molecule has 1 saturated heterocycles. The summed E-state index contributed by atoms with van der Waals surface area (Å²) in [5.74, 6) is 2.59. The van der Waals surface area contributed by atoms with Crippen molar-refractivity contribution in [2.75, 3.05) is 18.6 Å². The van der Waals surface area contributed by atoms with Crippen molar-refractivity contribution < 1.29 is 9.84 Å². The van der Waals surface area contributed by atoms with Gasteiger partial charge in [-0.15, -0.1) is 0 Å². The molecule has 0 aromatic heterocycles. The second kappa shape index (κ2) is 4.06. The second-order valence-corrected chi connectivity index (χ2v) is 5.14. The SMILES string of the molecule is COc1ccc(C)cc1C1(O)CCSC1. The predicted octanol–water partition coefficient (Wildman–Crippen LogP) is 2.33. The van der Waals surface area contributed by atoms with Crippen molar-refractivity contribution in [2.24, 2.45) is 0 Å². The molecule has 15 heavy (non-hydrogen) atoms. The number of rotatable bonds is 2. The molecular weight excluding hydrogens is 208 g/mol. The monoisotopic (exact) mass is 224 g/mol. The van der Waals surface area contributed by atoms with E-state index in [2.05, 4.69) is 0 Å². The van der Waals surface area contributed by atoms with E-state index < -0.39 is 5.60 Å². The number of aryl methyl sites for hydroxylation is 1. The van der Waals surface area contributed by atoms with Crippen LogP contribution in [-0.4, -0.2) is 23.7 Å². The summed E-state index contributed by atoms with van der Waals surface area (Å²) in [5, 5.41) is 10.5. The lowest BCUT2D eigenvalue weighted by Crippen LogP contribution is -2.25. The normalized spacial score (nSPS) is 25.5. The molecule has 2 nitrogen and oxygen atoms in total. The first-order valence-corrected chi connectivity index (χ1v) is 6.26. The summed E-state index contributed by atoms with van der Waals surface area (Å²) in [7, 11) is 1.65. The molecule has 0 saturated carbocycles. The van der Waals surface area contributed by atoms with E-state index in [0.717, 1.165) is 34.8 Å². The summed E-state index contributed by atoms with van der Waals surface area (Å²) >= 11 is 1.80. The van der Waals surface area contributed by atoms with E-state index >= 15 is 0 Å². The molecule has 1 unspecified atom stereocenters. The third kappa shape index (κ3) is 1.99. The van der Waals surface area contributed by atoms with Gasteiger partial charge in [-0.2, -0.15) is 11.8 Å². The van der Waals surface area contributed by atoms with Crippen molar-refractivity contribution in [2.45, 2.75) is 18.9 Å². The number of hydrogen-bond donors (Lipinski definition) is 1. The lowest BCUT2D eigenvalue weighted by atomic mass is 9.91. The van der Waals surface area contributed by atoms with Crippen LogP contribution in [0.5, 0.6) is 5.75 Å². The van der Waals surface area contributed by atoms with Gasteiger partial charge in [0.15, 0.2) is 0 Å². The summed E-state index contributed by atoms with van der Waals surface area (Å²) in [4.78, 5) is 0. The van der Waals surface area contributed by atoms with Gasteiger partial charge in [-0.25, -0.2) is 0 Å². The molecule has 0 amide bonds. The van der Waals surface area contributed by atoms with E-state index in [4.69, 9.17) is 4.74 Å². The molecule has 0 spiro atoms. The number of aliphatic hydroxyl groups is 1. The number of methoxy groups -OCH3 is 1. The number of benzene rings is 1. The molecule has 1 heterocycles. The molecule has 3 heteroatoms. The van der Waals surface area contributed by atoms with Crippen molar-refractivity contribution in [3.05, 3.63) is 29.3 Å². The summed E-state index contributed by atoms with van der Waals surface area (Å²) in [5.41, 5.74) is 1.41. The van der Waals surface area contributed by atoms with E-state index in [9.17, 15) is 5.11 Å². The number of hydrogen-bond acceptors (Lipinski definition) is 3. The predicted molar refractivity (Wildman–Crippen MR) is 63.6 cm³/mol. The Kier molecular flexibility index (Phi) is 2.94. The standard InChI is InChI=1S/C12H16O2S/c1-9-3-4-11(14-2)10(7-9)12(13)5-6-15-8-12/h3-4,7,13H,5-6,8H2,1-2H3. The van der Waals surface area contributed by atoms with E-state index in [1.54, 1.807) is 18.9 Å². The van der Waals surface area contributed by atoms with Gasteiger partial charge >= 0.3 is 0 Å². The fraction of sp³-hybridized carbons (Fsp3) is 0.500. The van der Waals surface area contributed by atoms with Crippen LogP contribution in [0, 0.1) is 6.92 Å². The molecule has 0 radical (unpaired) electrons. The lowest BCUT2D eigenvalue weighted by Gasteiger charge is -2.24. The van der Waals surface area contributed by atoms with E-state index in [1.807, 2.05) is 25.1 Å². The minimum atomic E-state index is -0.692. The fourth-order valence-electron chi connectivity index (χ4n) is 1.95. The lowest BCUT2D eigenvalue weighted by molar-refractivity contribution is 0.0629. The minimum absolute atomic E-state index is 0.692. The van der Waals surface area contributed by atoms with E-state index in [-0.39, 0.29) is 0 Å². The average Bonchev–Trinajstić information content (AvgIpc) is 2.66. The molecular formula is C12H16O2S. The van der Waals surface area contributed by atoms with Gasteiger partial charge in [0.25, 0.3) is 0 Å². The van der Waals surface area contributed by atoms with Gasteiger partial charge in [-0.1, -0.05) is 11.6 Å². The highest BCUT2D eigenvalue weighted by atomic mass is 32.2. The molecule has 1 aromatic rings. The molecule has 0 bridgehead atoms. The van der Waals surface area contributed by atoms with Crippen LogP contribution in [0.1, 0.15) is 17.5 Å². The van der Waals surface area contributed by atoms with Gasteiger partial charge in [0.1, 0.15) is 11.4 Å². The largest absolute Gasteiger partial charge is 0.496 e. The summed E-state index contributed by atoms with van der Waals surface area (Å²) in [6, 6.07) is 5.98. The molecule has 1 fully saturated rings. The van der Waals surface area contributed by atoms with Gasteiger partial charge in [0, 0.05) is 11.3 Å². The average molecular weight is 224 g/mol. The topological polar surface area (TPSA) is 29.5 Å². The molecule has 1 aliphatic rings. The van der Waals surface area contributed by atoms with E-state index in [0.29, 0.717) is 0 Å². The van der Waals surface area contributed by atoms with Crippen LogP contribution in [0.4, 0.5) is 0 Å². The Bertz CT molecular complexity index is 357. The highest BCUT2D eigenvalue weighted by Crippen LogP contribution is 2.41. The molecule has 0 aliphatic carbocycles. The third-order valence-corrected chi connectivity index (χ3v) is 4.03. The Hall–Kier alpha value is -0.670. The maximum Gasteiger partial charge on any atom is 0.124 e. The van der Waals surface area contributed by atoms with Crippen LogP contribution >= 0.6 is 11.8 Å². The van der Waals surface area contributed by atoms with E-state index in [1.165, 1.54) is 0 Å². The zero-order chi connectivity index (χ0) is 10.9. The first kappa shape index (κ1) is 10.8. The Morgan fingerprint density at radius 1 is 1.47 bits per heavy atom. The maximum atomic E-state index is 10.5. The highest BCUT2D eigenvalue weighted by molar-refractivity contribution is 7.99. The van der Waals surface area contributed by atoms with Gasteiger partial charge in [-0.3, -0.25) is 0 Å². The Morgan fingerprint density at radius 3 is 2.87 bits per heavy atom. The Balaban J connectivity index is 2.44. The zero-order valence-corrected chi connectivity index (χ0v) is 9.93. The van der Waals surface area contributed by atoms with Crippen molar-refractivity contribution in [3.63, 3.8) is 0 Å². The fourth-order valence-corrected chi connectivity index (χ4v) is 3.22. The Morgan fingerprint density at radius 2 is 2.27 bits per heavy atom. The highest BCUT2D eigenvalue weighted by Gasteiger charge is 2.36. The van der Waals surface area contributed by atoms with Crippen molar-refractivity contribution >= 4 is 11.8 Å². The molecule has 1 aliphatic heterocycles.